The maximum atomic E-state index is 12.8. The van der Waals surface area contributed by atoms with Gasteiger partial charge in [-0.05, 0) is 69.9 Å². The van der Waals surface area contributed by atoms with Crippen LogP contribution in [0.1, 0.15) is 75.9 Å². The van der Waals surface area contributed by atoms with Crippen molar-refractivity contribution in [1.29, 1.82) is 0 Å². The van der Waals surface area contributed by atoms with Gasteiger partial charge in [0, 0.05) is 54.1 Å². The van der Waals surface area contributed by atoms with Gasteiger partial charge < -0.3 is 36.3 Å². The van der Waals surface area contributed by atoms with Crippen LogP contribution in [0.2, 0.25) is 0 Å². The van der Waals surface area contributed by atoms with Crippen molar-refractivity contribution in [2.45, 2.75) is 116 Å². The summed E-state index contributed by atoms with van der Waals surface area (Å²) in [5.41, 5.74) is 7.57. The second-order valence-electron chi connectivity index (χ2n) is 13.2. The molecular formula is C34H46FeMgN4O6. The first-order valence-electron chi connectivity index (χ1n) is 15.9. The van der Waals surface area contributed by atoms with Crippen LogP contribution >= 0.6 is 0 Å². The molecule has 8 bridgehead atoms. The Morgan fingerprint density at radius 3 is 2.22 bits per heavy atom. The van der Waals surface area contributed by atoms with E-state index in [4.69, 9.17) is 10.3 Å². The molecule has 0 saturated carbocycles. The smallest absolute Gasteiger partial charge is 0.664 e. The number of hydrogen-bond donors (Lipinski definition) is 5. The summed E-state index contributed by atoms with van der Waals surface area (Å²) >= 11 is 0. The van der Waals surface area contributed by atoms with Crippen LogP contribution in [0.15, 0.2) is 34.9 Å². The van der Waals surface area contributed by atoms with Crippen molar-refractivity contribution in [2.24, 2.45) is 17.8 Å². The maximum absolute atomic E-state index is 12.8. The minimum atomic E-state index is -1.07. The van der Waals surface area contributed by atoms with Gasteiger partial charge in [0.05, 0.1) is 5.57 Å². The zero-order chi connectivity index (χ0) is 32.0. The van der Waals surface area contributed by atoms with Gasteiger partial charge in [-0.25, -0.2) is 4.79 Å². The molecule has 1 aromatic heterocycles. The van der Waals surface area contributed by atoms with Gasteiger partial charge in [-0.15, -0.1) is 12.1 Å². The number of rotatable bonds is 8. The van der Waals surface area contributed by atoms with Crippen molar-refractivity contribution in [2.75, 3.05) is 0 Å². The Morgan fingerprint density at radius 2 is 1.63 bits per heavy atom. The maximum Gasteiger partial charge on any atom is 2.00 e. The summed E-state index contributed by atoms with van der Waals surface area (Å²) in [7, 11) is 0. The molecule has 10 nitrogen and oxygen atoms in total. The average molecular weight is 687 g/mol. The number of hydrogen-bond acceptors (Lipinski definition) is 5. The normalized spacial score (nSPS) is 32.2. The molecule has 1 aromatic rings. The second-order valence-corrected chi connectivity index (χ2v) is 13.2. The van der Waals surface area contributed by atoms with Crippen molar-refractivity contribution in [3.63, 3.8) is 0 Å². The molecule has 9 unspecified atom stereocenters. The zero-order valence-corrected chi connectivity index (χ0v) is 30.0. The third-order valence-corrected chi connectivity index (χ3v) is 11.0. The van der Waals surface area contributed by atoms with Crippen LogP contribution in [0, 0.1) is 24.7 Å². The van der Waals surface area contributed by atoms with E-state index in [9.17, 15) is 29.7 Å². The molecule has 0 aliphatic carbocycles. The first kappa shape index (κ1) is 38.5. The molecule has 0 amide bonds. The summed E-state index contributed by atoms with van der Waals surface area (Å²) in [5.74, 6) is -3.86. The summed E-state index contributed by atoms with van der Waals surface area (Å²) in [4.78, 5) is 42.0. The van der Waals surface area contributed by atoms with Gasteiger partial charge in [0.1, 0.15) is 0 Å². The van der Waals surface area contributed by atoms with Crippen LogP contribution in [0.5, 0.6) is 0 Å². The first-order chi connectivity index (χ1) is 20.9. The van der Waals surface area contributed by atoms with Crippen LogP contribution in [-0.4, -0.2) is 92.5 Å². The van der Waals surface area contributed by atoms with E-state index in [-0.39, 0.29) is 94.5 Å². The molecule has 1 fully saturated rings. The monoisotopic (exact) mass is 686 g/mol. The van der Waals surface area contributed by atoms with Crippen LogP contribution in [-0.2, 0) is 50.7 Å². The summed E-state index contributed by atoms with van der Waals surface area (Å²) in [6, 6.07) is -1.64. The van der Waals surface area contributed by atoms with Crippen molar-refractivity contribution >= 4 is 41.0 Å². The van der Waals surface area contributed by atoms with E-state index < -0.39 is 35.9 Å². The van der Waals surface area contributed by atoms with Gasteiger partial charge in [-0.2, -0.15) is 11.4 Å². The van der Waals surface area contributed by atoms with E-state index in [2.05, 4.69) is 44.9 Å². The fourth-order valence-corrected chi connectivity index (χ4v) is 8.66. The summed E-state index contributed by atoms with van der Waals surface area (Å²) in [5, 5.41) is 42.8. The quantitative estimate of drug-likeness (QED) is 0.258. The molecule has 0 aromatic carbocycles. The molecule has 9 atom stereocenters. The van der Waals surface area contributed by atoms with Gasteiger partial charge >= 0.3 is 41.0 Å². The number of fused-ring (bicyclic) bond motifs is 8. The Bertz CT molecular complexity index is 1420. The Hall–Kier alpha value is -1.92. The van der Waals surface area contributed by atoms with E-state index >= 15 is 0 Å². The van der Waals surface area contributed by atoms with Gasteiger partial charge in [-0.3, -0.25) is 9.59 Å². The molecule has 0 radical (unpaired) electrons. The predicted octanol–water partition coefficient (Wildman–Crippen LogP) is 3.54. The minimum Gasteiger partial charge on any atom is -0.664 e. The Labute approximate surface area is 298 Å². The van der Waals surface area contributed by atoms with E-state index in [1.165, 1.54) is 22.3 Å². The fourth-order valence-electron chi connectivity index (χ4n) is 8.66. The molecule has 1 saturated heterocycles. The third kappa shape index (κ3) is 7.23. The molecule has 248 valence electrons. The van der Waals surface area contributed by atoms with Crippen molar-refractivity contribution < 1.29 is 46.8 Å². The topological polar surface area (TPSA) is 164 Å². The predicted molar refractivity (Wildman–Crippen MR) is 173 cm³/mol. The van der Waals surface area contributed by atoms with Crippen molar-refractivity contribution in [3.8, 4) is 0 Å². The van der Waals surface area contributed by atoms with Gasteiger partial charge in [-0.1, -0.05) is 55.0 Å². The van der Waals surface area contributed by atoms with Crippen molar-refractivity contribution in [3.05, 3.63) is 62.8 Å². The zero-order valence-electron chi connectivity index (χ0n) is 27.5. The number of nitrogens with zero attached hydrogens (tertiary/aromatic N) is 2. The first-order valence-corrected chi connectivity index (χ1v) is 15.9. The SMILES string of the molecule is C=CC1=C(C)C2CC3[N-]C(C(CC(=O)O)C4NC(Cc5[n-]c(c(C)c5CC)CC1N2)C(C)=C4C(=O)O)C(CCC(=O)O)C3C.[Fe].[Mg+2]. The van der Waals surface area contributed by atoms with Gasteiger partial charge in [0.25, 0.3) is 0 Å². The molecule has 12 heteroatoms. The van der Waals surface area contributed by atoms with Crippen LogP contribution in [0.25, 0.3) is 5.32 Å². The Kier molecular flexibility index (Phi) is 13.0. The van der Waals surface area contributed by atoms with E-state index in [0.29, 0.717) is 31.3 Å². The fraction of sp³-hybridized carbons (Fsp3) is 0.618. The van der Waals surface area contributed by atoms with Gasteiger partial charge in [0.15, 0.2) is 0 Å². The van der Waals surface area contributed by atoms with Crippen LogP contribution in [0.3, 0.4) is 0 Å². The van der Waals surface area contributed by atoms with Crippen LogP contribution < -0.4 is 15.6 Å². The number of carbonyl (C=O) groups is 3. The summed E-state index contributed by atoms with van der Waals surface area (Å²) in [6.45, 7) is 14.4. The number of nitrogens with one attached hydrogen (secondary N) is 2. The second kappa shape index (κ2) is 15.5. The molecule has 5 heterocycles. The molecule has 46 heavy (non-hydrogen) atoms. The summed E-state index contributed by atoms with van der Waals surface area (Å²) in [6.07, 6.45) is 4.65. The number of aromatic nitrogens is 1. The molecule has 5 N–H and O–H groups in total. The van der Waals surface area contributed by atoms with E-state index in [1.807, 2.05) is 13.0 Å². The van der Waals surface area contributed by atoms with Crippen molar-refractivity contribution in [1.82, 2.24) is 15.6 Å². The molecule has 5 rings (SSSR count). The third-order valence-electron chi connectivity index (χ3n) is 11.0. The Morgan fingerprint density at radius 1 is 0.957 bits per heavy atom. The molecule has 4 aliphatic heterocycles. The van der Waals surface area contributed by atoms with E-state index in [0.717, 1.165) is 17.8 Å². The minimum absolute atomic E-state index is 0. The molecule has 4 aliphatic rings. The Balaban J connectivity index is 0.00000288. The number of carboxylic acid groups (broad SMARTS) is 3. The largest absolute Gasteiger partial charge is 2.00 e. The standard InChI is InChI=1S/C34H46N4O6.Fe.Mg/c1-7-19-15(3)23-12-25-17(5)21(9-10-29(39)40)32(37-25)22(11-30(41)42)33-31(34(43)44)18(6)26(38-33)14-28-20(8-2)16(4)24(36-28)13-27(19)35-23;;/h7,17,21-23,25-27,32-33,35,38H,1,8-14H2,2-6H3,(H,39,40)(H,41,42)(H,43,44);;/q-2;;+2. The summed E-state index contributed by atoms with van der Waals surface area (Å²) < 4.78 is 0. The van der Waals surface area contributed by atoms with Crippen LogP contribution in [0.4, 0.5) is 0 Å². The number of carboxylic acids is 3. The molecule has 0 spiro atoms. The van der Waals surface area contributed by atoms with E-state index in [1.54, 1.807) is 0 Å². The molecular weight excluding hydrogens is 641 g/mol. The average Bonchev–Trinajstić information content (AvgIpc) is 3.63. The van der Waals surface area contributed by atoms with Gasteiger partial charge in [0.2, 0.25) is 0 Å². The number of aliphatic carboxylic acids is 3.